The zero-order valence-electron chi connectivity index (χ0n) is 14.9. The average molecular weight is 373 g/mol. The summed E-state index contributed by atoms with van der Waals surface area (Å²) in [6, 6.07) is 3.59. The van der Waals surface area contributed by atoms with E-state index in [2.05, 4.69) is 16.5 Å². The van der Waals surface area contributed by atoms with Crippen LogP contribution in [0.4, 0.5) is 5.69 Å². The fraction of sp³-hybridized carbons (Fsp3) is 0.222. The van der Waals surface area contributed by atoms with Crippen LogP contribution in [0.5, 0.6) is 17.4 Å². The molecule has 142 valence electrons. The van der Waals surface area contributed by atoms with Crippen LogP contribution in [0.15, 0.2) is 29.6 Å². The maximum Gasteiger partial charge on any atom is 0.395 e. The molecule has 0 atom stereocenters. The van der Waals surface area contributed by atoms with Gasteiger partial charge in [-0.2, -0.15) is 4.98 Å². The van der Waals surface area contributed by atoms with E-state index in [1.807, 2.05) is 13.0 Å². The third-order valence-corrected chi connectivity index (χ3v) is 3.53. The van der Waals surface area contributed by atoms with Gasteiger partial charge in [-0.15, -0.1) is 6.58 Å². The molecule has 0 bridgehead atoms. The van der Waals surface area contributed by atoms with Crippen molar-refractivity contribution in [2.75, 3.05) is 13.7 Å². The third-order valence-electron chi connectivity index (χ3n) is 3.53. The number of aromatic hydroxyl groups is 1. The van der Waals surface area contributed by atoms with Crippen molar-refractivity contribution in [1.82, 2.24) is 9.97 Å². The Morgan fingerprint density at radius 3 is 2.70 bits per heavy atom. The maximum atomic E-state index is 11.7. The second kappa shape index (κ2) is 8.65. The van der Waals surface area contributed by atoms with E-state index in [4.69, 9.17) is 9.47 Å². The number of benzene rings is 1. The second-order valence-electron chi connectivity index (χ2n) is 5.35. The summed E-state index contributed by atoms with van der Waals surface area (Å²) in [6.45, 7) is 6.02. The molecular formula is C18H19N3O6. The van der Waals surface area contributed by atoms with Gasteiger partial charge in [-0.05, 0) is 37.1 Å². The van der Waals surface area contributed by atoms with Crippen molar-refractivity contribution in [3.05, 3.63) is 62.2 Å². The van der Waals surface area contributed by atoms with E-state index in [0.717, 1.165) is 11.1 Å². The zero-order chi connectivity index (χ0) is 20.0. The number of aromatic amines is 1. The lowest BCUT2D eigenvalue weighted by Crippen LogP contribution is -2.14. The molecule has 1 heterocycles. The van der Waals surface area contributed by atoms with Gasteiger partial charge < -0.3 is 19.6 Å². The Morgan fingerprint density at radius 2 is 2.15 bits per heavy atom. The van der Waals surface area contributed by atoms with Crippen LogP contribution in [0.1, 0.15) is 23.9 Å². The van der Waals surface area contributed by atoms with Crippen LogP contribution in [0.25, 0.3) is 12.2 Å². The Balaban J connectivity index is 2.45. The molecule has 0 spiro atoms. The fourth-order valence-corrected chi connectivity index (χ4v) is 2.47. The number of nitrogens with zero attached hydrogens (tertiary/aromatic N) is 2. The monoisotopic (exact) mass is 373 g/mol. The van der Waals surface area contributed by atoms with Gasteiger partial charge in [0.25, 0.3) is 5.88 Å². The topological polar surface area (TPSA) is 128 Å². The number of H-pyrrole nitrogens is 1. The van der Waals surface area contributed by atoms with Gasteiger partial charge in [0.1, 0.15) is 5.82 Å². The molecule has 0 saturated heterocycles. The molecule has 0 unspecified atom stereocenters. The van der Waals surface area contributed by atoms with Crippen LogP contribution in [0, 0.1) is 10.1 Å². The number of nitrogens with one attached hydrogen (secondary N) is 1. The van der Waals surface area contributed by atoms with Crippen molar-refractivity contribution in [2.24, 2.45) is 0 Å². The molecule has 2 rings (SSSR count). The lowest BCUT2D eigenvalue weighted by Gasteiger charge is -2.14. The number of methoxy groups -OCH3 is 1. The number of ether oxygens (including phenoxy) is 2. The number of hydrogen-bond acceptors (Lipinski definition) is 7. The summed E-state index contributed by atoms with van der Waals surface area (Å²) < 4.78 is 11.0. The minimum atomic E-state index is -1.04. The van der Waals surface area contributed by atoms with Crippen LogP contribution in [-0.4, -0.2) is 33.7 Å². The van der Waals surface area contributed by atoms with Gasteiger partial charge in [0, 0.05) is 5.56 Å². The molecule has 2 N–H and O–H groups in total. The summed E-state index contributed by atoms with van der Waals surface area (Å²) in [6.07, 6.45) is 5.32. The van der Waals surface area contributed by atoms with Crippen molar-refractivity contribution >= 4 is 17.8 Å². The van der Waals surface area contributed by atoms with E-state index in [9.17, 15) is 20.0 Å². The van der Waals surface area contributed by atoms with Gasteiger partial charge in [-0.1, -0.05) is 12.2 Å². The van der Waals surface area contributed by atoms with Crippen LogP contribution >= 0.6 is 0 Å². The molecule has 0 aliphatic carbocycles. The molecule has 1 aromatic heterocycles. The Labute approximate surface area is 154 Å². The average Bonchev–Trinajstić information content (AvgIpc) is 2.59. The van der Waals surface area contributed by atoms with Crippen molar-refractivity contribution in [3.63, 3.8) is 0 Å². The summed E-state index contributed by atoms with van der Waals surface area (Å²) in [5.41, 5.74) is -0.463. The smallest absolute Gasteiger partial charge is 0.395 e. The van der Waals surface area contributed by atoms with Crippen molar-refractivity contribution < 1.29 is 19.5 Å². The summed E-state index contributed by atoms with van der Waals surface area (Å²) in [5.74, 6) is 0.183. The number of hydrogen-bond donors (Lipinski definition) is 2. The van der Waals surface area contributed by atoms with Crippen molar-refractivity contribution in [2.45, 2.75) is 13.3 Å². The zero-order valence-corrected chi connectivity index (χ0v) is 14.9. The Morgan fingerprint density at radius 1 is 1.41 bits per heavy atom. The molecule has 9 heteroatoms. The van der Waals surface area contributed by atoms with E-state index in [1.165, 1.54) is 6.08 Å². The van der Waals surface area contributed by atoms with Gasteiger partial charge in [0.05, 0.1) is 18.6 Å². The van der Waals surface area contributed by atoms with Gasteiger partial charge in [-0.3, -0.25) is 14.9 Å². The van der Waals surface area contributed by atoms with Crippen LogP contribution in [0.2, 0.25) is 0 Å². The van der Waals surface area contributed by atoms with Gasteiger partial charge in [0.15, 0.2) is 11.5 Å². The summed E-state index contributed by atoms with van der Waals surface area (Å²) in [5, 5.41) is 20.3. The molecule has 27 heavy (non-hydrogen) atoms. The standard InChI is InChI=1S/C18H19N3O6/c1-4-6-12-9-11(10-13(27-5-2)16(12)26-3)7-8-14-19-17(22)15(21(24)25)18(23)20-14/h4,7-10H,1,5-6H2,2-3H3,(H2,19,20,22,23)/b8-7-. The van der Waals surface area contributed by atoms with E-state index < -0.39 is 22.0 Å². The van der Waals surface area contributed by atoms with Crippen LogP contribution < -0.4 is 15.0 Å². The predicted molar refractivity (Wildman–Crippen MR) is 100 cm³/mol. The molecule has 0 aliphatic rings. The largest absolute Gasteiger partial charge is 0.493 e. The van der Waals surface area contributed by atoms with E-state index in [-0.39, 0.29) is 5.82 Å². The summed E-state index contributed by atoms with van der Waals surface area (Å²) in [7, 11) is 1.55. The van der Waals surface area contributed by atoms with E-state index in [1.54, 1.807) is 25.3 Å². The van der Waals surface area contributed by atoms with Gasteiger partial charge in [-0.25, -0.2) is 0 Å². The summed E-state index contributed by atoms with van der Waals surface area (Å²) in [4.78, 5) is 27.3. The number of allylic oxidation sites excluding steroid dienone is 1. The number of rotatable bonds is 8. The molecule has 2 aromatic rings. The van der Waals surface area contributed by atoms with Crippen molar-refractivity contribution in [3.8, 4) is 17.4 Å². The molecule has 0 amide bonds. The highest BCUT2D eigenvalue weighted by Crippen LogP contribution is 2.34. The van der Waals surface area contributed by atoms with Gasteiger partial charge in [0.2, 0.25) is 0 Å². The van der Waals surface area contributed by atoms with E-state index in [0.29, 0.717) is 24.5 Å². The number of nitro groups is 1. The first kappa shape index (κ1) is 19.7. The lowest BCUT2D eigenvalue weighted by atomic mass is 10.0. The predicted octanol–water partition coefficient (Wildman–Crippen LogP) is 2.69. The van der Waals surface area contributed by atoms with Crippen LogP contribution in [0.3, 0.4) is 0 Å². The van der Waals surface area contributed by atoms with Crippen molar-refractivity contribution in [1.29, 1.82) is 0 Å². The Kier molecular flexibility index (Phi) is 6.32. The molecule has 0 aliphatic heterocycles. The summed E-state index contributed by atoms with van der Waals surface area (Å²) >= 11 is 0. The SMILES string of the molecule is C=CCc1cc(/C=C\c2nc(O)c([N+](=O)[O-])c(=O)[nH]2)cc(OCC)c1OC. The van der Waals surface area contributed by atoms with Gasteiger partial charge >= 0.3 is 11.2 Å². The third kappa shape index (κ3) is 4.51. The second-order valence-corrected chi connectivity index (χ2v) is 5.35. The highest BCUT2D eigenvalue weighted by molar-refractivity contribution is 5.70. The first-order valence-corrected chi connectivity index (χ1v) is 8.01. The molecule has 1 aromatic carbocycles. The quantitative estimate of drug-likeness (QED) is 0.413. The molecular weight excluding hydrogens is 354 g/mol. The minimum Gasteiger partial charge on any atom is -0.493 e. The molecule has 0 saturated carbocycles. The minimum absolute atomic E-state index is 0.0258. The Bertz CT molecular complexity index is 949. The highest BCUT2D eigenvalue weighted by Gasteiger charge is 2.21. The normalized spacial score (nSPS) is 10.7. The van der Waals surface area contributed by atoms with Crippen LogP contribution in [-0.2, 0) is 6.42 Å². The maximum absolute atomic E-state index is 11.7. The molecule has 9 nitrogen and oxygen atoms in total. The Hall–Kier alpha value is -3.62. The molecule has 0 radical (unpaired) electrons. The fourth-order valence-electron chi connectivity index (χ4n) is 2.47. The number of aromatic nitrogens is 2. The van der Waals surface area contributed by atoms with E-state index >= 15 is 0 Å². The lowest BCUT2D eigenvalue weighted by molar-refractivity contribution is -0.387. The highest BCUT2D eigenvalue weighted by atomic mass is 16.6. The molecule has 0 fully saturated rings. The first-order chi connectivity index (χ1) is 12.9. The first-order valence-electron chi connectivity index (χ1n) is 8.01.